The Hall–Kier alpha value is -3.14. The molecule has 2 unspecified atom stereocenters. The Morgan fingerprint density at radius 1 is 0.720 bits per heavy atom. The van der Waals surface area contributed by atoms with Crippen molar-refractivity contribution in [1.29, 1.82) is 10.5 Å². The van der Waals surface area contributed by atoms with Gasteiger partial charge in [-0.1, -0.05) is 72.8 Å². The predicted octanol–water partition coefficient (Wildman–Crippen LogP) is 4.39. The maximum atomic E-state index is 9.21. The molecule has 0 radical (unpaired) electrons. The van der Waals surface area contributed by atoms with Crippen molar-refractivity contribution >= 4 is 0 Å². The van der Waals surface area contributed by atoms with Crippen LogP contribution >= 0.6 is 0 Å². The highest BCUT2D eigenvalue weighted by Crippen LogP contribution is 2.06. The highest BCUT2D eigenvalue weighted by molar-refractivity contribution is 5.20. The van der Waals surface area contributed by atoms with Crippen LogP contribution in [0.1, 0.15) is 11.1 Å². The van der Waals surface area contributed by atoms with E-state index in [0.29, 0.717) is 0 Å². The summed E-state index contributed by atoms with van der Waals surface area (Å²) in [5.41, 5.74) is 2.32. The predicted molar refractivity (Wildman–Crippen MR) is 98.5 cm³/mol. The van der Waals surface area contributed by atoms with Gasteiger partial charge in [0.05, 0.1) is 12.1 Å². The second-order valence-corrected chi connectivity index (χ2v) is 5.47. The van der Waals surface area contributed by atoms with E-state index in [1.54, 1.807) is 12.2 Å². The van der Waals surface area contributed by atoms with E-state index in [1.165, 1.54) is 0 Å². The lowest BCUT2D eigenvalue weighted by molar-refractivity contribution is 0.105. The van der Waals surface area contributed by atoms with E-state index in [0.717, 1.165) is 24.0 Å². The lowest BCUT2D eigenvalue weighted by Crippen LogP contribution is -2.16. The minimum Gasteiger partial charge on any atom is -0.337 e. The number of nitriles is 2. The van der Waals surface area contributed by atoms with Crippen LogP contribution in [0, 0.1) is 22.7 Å². The summed E-state index contributed by atoms with van der Waals surface area (Å²) < 4.78 is 5.53. The van der Waals surface area contributed by atoms with Crippen molar-refractivity contribution in [2.45, 2.75) is 25.0 Å². The smallest absolute Gasteiger partial charge is 0.164 e. The van der Waals surface area contributed by atoms with Gasteiger partial charge in [-0.05, 0) is 36.1 Å². The van der Waals surface area contributed by atoms with Crippen molar-refractivity contribution in [3.8, 4) is 12.1 Å². The highest BCUT2D eigenvalue weighted by Gasteiger charge is 2.10. The van der Waals surface area contributed by atoms with Crippen LogP contribution in [0.4, 0.5) is 0 Å². The molecule has 0 aliphatic carbocycles. The van der Waals surface area contributed by atoms with Crippen molar-refractivity contribution in [3.63, 3.8) is 0 Å². The van der Waals surface area contributed by atoms with Crippen molar-refractivity contribution in [2.24, 2.45) is 0 Å². The van der Waals surface area contributed by atoms with E-state index in [9.17, 15) is 10.5 Å². The summed E-state index contributed by atoms with van der Waals surface area (Å²) in [5, 5.41) is 18.4. The van der Waals surface area contributed by atoms with Crippen molar-refractivity contribution in [2.75, 3.05) is 0 Å². The average Bonchev–Trinajstić information content (AvgIpc) is 2.67. The van der Waals surface area contributed by atoms with Gasteiger partial charge in [-0.15, -0.1) is 0 Å². The average molecular weight is 328 g/mol. The van der Waals surface area contributed by atoms with Gasteiger partial charge in [-0.2, -0.15) is 10.5 Å². The maximum Gasteiger partial charge on any atom is 0.164 e. The zero-order valence-electron chi connectivity index (χ0n) is 14.0. The van der Waals surface area contributed by atoms with Gasteiger partial charge in [0, 0.05) is 0 Å². The normalized spacial score (nSPS) is 13.4. The Balaban J connectivity index is 1.85. The van der Waals surface area contributed by atoms with Gasteiger partial charge in [0.2, 0.25) is 0 Å². The number of rotatable bonds is 8. The number of benzene rings is 2. The van der Waals surface area contributed by atoms with Gasteiger partial charge in [0.15, 0.2) is 12.2 Å². The van der Waals surface area contributed by atoms with E-state index in [2.05, 4.69) is 12.1 Å². The molecule has 0 fully saturated rings. The lowest BCUT2D eigenvalue weighted by Gasteiger charge is -2.09. The Morgan fingerprint density at radius 3 is 1.48 bits per heavy atom. The molecule has 2 rings (SSSR count). The molecular formula is C22H20N2O. The van der Waals surface area contributed by atoms with Crippen LogP contribution in [0.5, 0.6) is 0 Å². The van der Waals surface area contributed by atoms with Crippen LogP contribution in [0.25, 0.3) is 0 Å². The molecule has 0 saturated heterocycles. The summed E-state index contributed by atoms with van der Waals surface area (Å²) in [4.78, 5) is 0. The van der Waals surface area contributed by atoms with Gasteiger partial charge >= 0.3 is 0 Å². The monoisotopic (exact) mass is 328 g/mol. The molecule has 0 heterocycles. The van der Waals surface area contributed by atoms with Gasteiger partial charge in [0.25, 0.3) is 0 Å². The lowest BCUT2D eigenvalue weighted by atomic mass is 10.1. The third-order valence-electron chi connectivity index (χ3n) is 3.56. The molecule has 0 aliphatic heterocycles. The maximum absolute atomic E-state index is 9.21. The molecule has 2 aromatic rings. The molecule has 2 atom stereocenters. The van der Waals surface area contributed by atoms with Crippen LogP contribution in [0.15, 0.2) is 85.0 Å². The van der Waals surface area contributed by atoms with E-state index >= 15 is 0 Å². The second-order valence-electron chi connectivity index (χ2n) is 5.47. The Bertz CT molecular complexity index is 700. The number of nitrogens with zero attached hydrogens (tertiary/aromatic N) is 2. The highest BCUT2D eigenvalue weighted by atomic mass is 16.5. The number of hydrogen-bond donors (Lipinski definition) is 0. The number of hydrogen-bond acceptors (Lipinski definition) is 3. The van der Waals surface area contributed by atoms with Crippen LogP contribution in [-0.4, -0.2) is 12.2 Å². The molecule has 0 aliphatic rings. The fourth-order valence-corrected chi connectivity index (χ4v) is 2.28. The van der Waals surface area contributed by atoms with Gasteiger partial charge in [-0.3, -0.25) is 0 Å². The number of ether oxygens (including phenoxy) is 1. The van der Waals surface area contributed by atoms with E-state index < -0.39 is 12.2 Å². The summed E-state index contributed by atoms with van der Waals surface area (Å²) in [6.07, 6.45) is 7.15. The summed E-state index contributed by atoms with van der Waals surface area (Å²) in [6.45, 7) is 0. The molecule has 0 N–H and O–H groups in total. The first-order valence-electron chi connectivity index (χ1n) is 8.17. The summed E-state index contributed by atoms with van der Waals surface area (Å²) >= 11 is 0. The van der Waals surface area contributed by atoms with E-state index in [4.69, 9.17) is 4.74 Å². The first kappa shape index (κ1) is 18.2. The third kappa shape index (κ3) is 6.87. The van der Waals surface area contributed by atoms with Crippen molar-refractivity contribution in [1.82, 2.24) is 0 Å². The van der Waals surface area contributed by atoms with Gasteiger partial charge in [0.1, 0.15) is 0 Å². The summed E-state index contributed by atoms with van der Waals surface area (Å²) in [7, 11) is 0. The largest absolute Gasteiger partial charge is 0.337 e. The molecule has 0 amide bonds. The van der Waals surface area contributed by atoms with Crippen molar-refractivity contribution < 1.29 is 4.74 Å². The molecule has 0 aromatic heterocycles. The SMILES string of the molecule is N#CC(C=CCc1ccccc1)OC(C#N)C=CCc1ccccc1. The van der Waals surface area contributed by atoms with E-state index in [1.807, 2.05) is 72.8 Å². The Morgan fingerprint density at radius 2 is 1.12 bits per heavy atom. The standard InChI is InChI=1S/C22H20N2O/c23-17-21(15-7-13-19-9-3-1-4-10-19)25-22(18-24)16-8-14-20-11-5-2-6-12-20/h1-12,15-16,21-22H,13-14H2. The number of allylic oxidation sites excluding steroid dienone is 2. The Labute approximate surface area is 149 Å². The minimum atomic E-state index is -0.741. The second kappa shape index (κ2) is 10.6. The third-order valence-corrected chi connectivity index (χ3v) is 3.56. The van der Waals surface area contributed by atoms with Crippen molar-refractivity contribution in [3.05, 3.63) is 96.1 Å². The Kier molecular flexibility index (Phi) is 7.72. The van der Waals surface area contributed by atoms with Crippen LogP contribution in [0.2, 0.25) is 0 Å². The van der Waals surface area contributed by atoms with Gasteiger partial charge in [-0.25, -0.2) is 0 Å². The fraction of sp³-hybridized carbons (Fsp3) is 0.182. The quantitative estimate of drug-likeness (QED) is 0.675. The topological polar surface area (TPSA) is 56.8 Å². The van der Waals surface area contributed by atoms with Gasteiger partial charge < -0.3 is 4.74 Å². The molecule has 124 valence electrons. The van der Waals surface area contributed by atoms with Crippen LogP contribution in [-0.2, 0) is 17.6 Å². The zero-order chi connectivity index (χ0) is 17.7. The molecular weight excluding hydrogens is 308 g/mol. The molecule has 3 nitrogen and oxygen atoms in total. The fourth-order valence-electron chi connectivity index (χ4n) is 2.28. The zero-order valence-corrected chi connectivity index (χ0v) is 14.0. The van der Waals surface area contributed by atoms with Crippen LogP contribution < -0.4 is 0 Å². The molecule has 0 bridgehead atoms. The first-order chi connectivity index (χ1) is 12.3. The molecule has 2 aromatic carbocycles. The molecule has 0 spiro atoms. The molecule has 0 saturated carbocycles. The van der Waals surface area contributed by atoms with Crippen LogP contribution in [0.3, 0.4) is 0 Å². The molecule has 25 heavy (non-hydrogen) atoms. The summed E-state index contributed by atoms with van der Waals surface area (Å²) in [5.74, 6) is 0. The minimum absolute atomic E-state index is 0.726. The summed E-state index contributed by atoms with van der Waals surface area (Å²) in [6, 6.07) is 24.1. The first-order valence-corrected chi connectivity index (χ1v) is 8.17. The molecule has 3 heteroatoms. The van der Waals surface area contributed by atoms with E-state index in [-0.39, 0.29) is 0 Å².